The third-order valence-electron chi connectivity index (χ3n) is 2.45. The molecule has 1 fully saturated rings. The topological polar surface area (TPSA) is 38.5 Å². The molecule has 76 valence electrons. The molecule has 1 heterocycles. The number of nitrogen functional groups attached to an aromatic ring is 1. The number of hydrogen-bond acceptors (Lipinski definition) is 3. The molecule has 1 aliphatic rings. The molecule has 1 aromatic carbocycles. The fourth-order valence-electron chi connectivity index (χ4n) is 1.58. The van der Waals surface area contributed by atoms with Crippen LogP contribution in [-0.4, -0.2) is 26.3 Å². The van der Waals surface area contributed by atoms with Crippen LogP contribution in [0.3, 0.4) is 0 Å². The summed E-state index contributed by atoms with van der Waals surface area (Å²) in [5, 5.41) is 0. The fraction of sp³-hybridized carbons (Fsp3) is 0.400. The Hall–Kier alpha value is -1.29. The molecular weight excluding hydrogens is 183 g/mol. The molecule has 3 nitrogen and oxygen atoms in total. The predicted molar refractivity (Wildman–Crippen MR) is 53.8 cm³/mol. The van der Waals surface area contributed by atoms with Crippen LogP contribution in [0.5, 0.6) is 0 Å². The molecule has 14 heavy (non-hydrogen) atoms. The molecule has 0 aliphatic carbocycles. The van der Waals surface area contributed by atoms with Crippen LogP contribution < -0.4 is 10.6 Å². The summed E-state index contributed by atoms with van der Waals surface area (Å²) in [4.78, 5) is 2.04. The minimum Gasteiger partial charge on any atom is -0.399 e. The van der Waals surface area contributed by atoms with Crippen LogP contribution in [0.4, 0.5) is 15.8 Å². The van der Waals surface area contributed by atoms with Gasteiger partial charge in [-0.1, -0.05) is 0 Å². The van der Waals surface area contributed by atoms with Crippen LogP contribution >= 0.6 is 0 Å². The van der Waals surface area contributed by atoms with Gasteiger partial charge in [-0.05, 0) is 18.2 Å². The zero-order valence-corrected chi connectivity index (χ0v) is 8.03. The lowest BCUT2D eigenvalue weighted by molar-refractivity contribution is 0.0787. The van der Waals surface area contributed by atoms with Gasteiger partial charge in [0.05, 0.1) is 6.10 Å². The van der Waals surface area contributed by atoms with E-state index >= 15 is 0 Å². The van der Waals surface area contributed by atoms with Crippen LogP contribution in [0.2, 0.25) is 0 Å². The summed E-state index contributed by atoms with van der Waals surface area (Å²) in [6.45, 7) is 1.61. The molecule has 0 spiro atoms. The van der Waals surface area contributed by atoms with Gasteiger partial charge in [0.2, 0.25) is 0 Å². The first-order chi connectivity index (χ1) is 6.69. The Morgan fingerprint density at radius 2 is 2.14 bits per heavy atom. The summed E-state index contributed by atoms with van der Waals surface area (Å²) < 4.78 is 18.1. The van der Waals surface area contributed by atoms with Gasteiger partial charge in [0, 0.05) is 31.6 Å². The maximum absolute atomic E-state index is 13.0. The summed E-state index contributed by atoms with van der Waals surface area (Å²) in [5.74, 6) is -0.291. The van der Waals surface area contributed by atoms with E-state index in [2.05, 4.69) is 0 Å². The zero-order valence-electron chi connectivity index (χ0n) is 8.03. The second kappa shape index (κ2) is 3.46. The maximum Gasteiger partial charge on any atom is 0.127 e. The van der Waals surface area contributed by atoms with Crippen molar-refractivity contribution in [1.82, 2.24) is 0 Å². The molecule has 2 rings (SSSR count). The van der Waals surface area contributed by atoms with E-state index in [1.165, 1.54) is 12.1 Å². The normalized spacial score (nSPS) is 16.9. The van der Waals surface area contributed by atoms with Gasteiger partial charge in [-0.2, -0.15) is 0 Å². The first-order valence-corrected chi connectivity index (χ1v) is 4.53. The van der Waals surface area contributed by atoms with Crippen LogP contribution in [-0.2, 0) is 4.74 Å². The van der Waals surface area contributed by atoms with E-state index in [9.17, 15) is 4.39 Å². The number of benzene rings is 1. The highest BCUT2D eigenvalue weighted by Gasteiger charge is 2.26. The summed E-state index contributed by atoms with van der Waals surface area (Å²) >= 11 is 0. The SMILES string of the molecule is COC1CN(c2cc(N)cc(F)c2)C1. The monoisotopic (exact) mass is 196 g/mol. The van der Waals surface area contributed by atoms with Crippen LogP contribution in [0, 0.1) is 5.82 Å². The van der Waals surface area contributed by atoms with E-state index < -0.39 is 0 Å². The lowest BCUT2D eigenvalue weighted by Crippen LogP contribution is -2.51. The van der Waals surface area contributed by atoms with Gasteiger partial charge in [-0.15, -0.1) is 0 Å². The van der Waals surface area contributed by atoms with Crippen molar-refractivity contribution in [3.05, 3.63) is 24.0 Å². The van der Waals surface area contributed by atoms with Crippen molar-refractivity contribution < 1.29 is 9.13 Å². The van der Waals surface area contributed by atoms with E-state index in [-0.39, 0.29) is 11.9 Å². The molecule has 0 saturated carbocycles. The number of halogens is 1. The summed E-state index contributed by atoms with van der Waals surface area (Å²) in [6.07, 6.45) is 0.263. The molecule has 4 heteroatoms. The Labute approximate surface area is 82.3 Å². The van der Waals surface area contributed by atoms with Gasteiger partial charge in [0.1, 0.15) is 5.82 Å². The number of ether oxygens (including phenoxy) is 1. The third-order valence-corrected chi connectivity index (χ3v) is 2.45. The highest BCUT2D eigenvalue weighted by Crippen LogP contribution is 2.25. The Balaban J connectivity index is 2.10. The lowest BCUT2D eigenvalue weighted by Gasteiger charge is -2.40. The van der Waals surface area contributed by atoms with Crippen molar-refractivity contribution in [1.29, 1.82) is 0 Å². The number of methoxy groups -OCH3 is 1. The number of nitrogens with zero attached hydrogens (tertiary/aromatic N) is 1. The van der Waals surface area contributed by atoms with Crippen molar-refractivity contribution in [3.8, 4) is 0 Å². The summed E-state index contributed by atoms with van der Waals surface area (Å²) in [6, 6.07) is 4.58. The summed E-state index contributed by atoms with van der Waals surface area (Å²) in [7, 11) is 1.68. The Kier molecular flexibility index (Phi) is 2.29. The quantitative estimate of drug-likeness (QED) is 0.723. The van der Waals surface area contributed by atoms with Gasteiger partial charge < -0.3 is 15.4 Å². The van der Waals surface area contributed by atoms with E-state index in [4.69, 9.17) is 10.5 Å². The predicted octanol–water partition coefficient (Wildman–Crippen LogP) is 1.24. The average molecular weight is 196 g/mol. The minimum absolute atomic E-state index is 0.263. The molecule has 1 aromatic rings. The van der Waals surface area contributed by atoms with Crippen LogP contribution in [0.1, 0.15) is 0 Å². The second-order valence-corrected chi connectivity index (χ2v) is 3.51. The Morgan fingerprint density at radius 3 is 2.71 bits per heavy atom. The van der Waals surface area contributed by atoms with Crippen molar-refractivity contribution in [3.63, 3.8) is 0 Å². The number of rotatable bonds is 2. The van der Waals surface area contributed by atoms with Crippen molar-refractivity contribution in [2.45, 2.75) is 6.10 Å². The molecule has 0 unspecified atom stereocenters. The largest absolute Gasteiger partial charge is 0.399 e. The Bertz CT molecular complexity index is 317. The molecule has 1 aliphatic heterocycles. The smallest absolute Gasteiger partial charge is 0.127 e. The molecule has 0 amide bonds. The highest BCUT2D eigenvalue weighted by atomic mass is 19.1. The minimum atomic E-state index is -0.291. The first kappa shape index (κ1) is 9.27. The Morgan fingerprint density at radius 1 is 1.43 bits per heavy atom. The number of hydrogen-bond donors (Lipinski definition) is 1. The third kappa shape index (κ3) is 1.65. The maximum atomic E-state index is 13.0. The molecule has 0 bridgehead atoms. The van der Waals surface area contributed by atoms with Gasteiger partial charge >= 0.3 is 0 Å². The average Bonchev–Trinajstić information content (AvgIpc) is 2.00. The first-order valence-electron chi connectivity index (χ1n) is 4.53. The van der Waals surface area contributed by atoms with E-state index in [1.807, 2.05) is 4.90 Å². The molecule has 2 N–H and O–H groups in total. The van der Waals surface area contributed by atoms with Crippen molar-refractivity contribution in [2.24, 2.45) is 0 Å². The zero-order chi connectivity index (χ0) is 10.1. The van der Waals surface area contributed by atoms with E-state index in [1.54, 1.807) is 13.2 Å². The van der Waals surface area contributed by atoms with Gasteiger partial charge in [0.15, 0.2) is 0 Å². The number of nitrogens with two attached hydrogens (primary N) is 1. The van der Waals surface area contributed by atoms with Crippen molar-refractivity contribution >= 4 is 11.4 Å². The molecule has 0 atom stereocenters. The molecular formula is C10H13FN2O. The van der Waals surface area contributed by atoms with Gasteiger partial charge in [-0.3, -0.25) is 0 Å². The van der Waals surface area contributed by atoms with Crippen molar-refractivity contribution in [2.75, 3.05) is 30.8 Å². The van der Waals surface area contributed by atoms with Crippen LogP contribution in [0.25, 0.3) is 0 Å². The standard InChI is InChI=1S/C10H13FN2O/c1-14-10-5-13(6-10)9-3-7(11)2-8(12)4-9/h2-4,10H,5-6,12H2,1H3. The lowest BCUT2D eigenvalue weighted by atomic mass is 10.1. The van der Waals surface area contributed by atoms with E-state index in [0.717, 1.165) is 18.8 Å². The van der Waals surface area contributed by atoms with E-state index in [0.29, 0.717) is 5.69 Å². The number of anilines is 2. The van der Waals surface area contributed by atoms with Gasteiger partial charge in [-0.25, -0.2) is 4.39 Å². The highest BCUT2D eigenvalue weighted by molar-refractivity contribution is 5.57. The summed E-state index contributed by atoms with van der Waals surface area (Å²) in [5.41, 5.74) is 6.83. The van der Waals surface area contributed by atoms with Crippen LogP contribution in [0.15, 0.2) is 18.2 Å². The fourth-order valence-corrected chi connectivity index (χ4v) is 1.58. The second-order valence-electron chi connectivity index (χ2n) is 3.51. The van der Waals surface area contributed by atoms with Gasteiger partial charge in [0.25, 0.3) is 0 Å². The molecule has 0 aromatic heterocycles. The molecule has 0 radical (unpaired) electrons. The molecule has 1 saturated heterocycles.